The number of carbonyl (C=O) groups is 1. The molecule has 0 aromatic rings. The molecule has 8 atom stereocenters. The number of rotatable bonds is 12. The van der Waals surface area contributed by atoms with Crippen molar-refractivity contribution in [3.05, 3.63) is 0 Å². The van der Waals surface area contributed by atoms with E-state index in [1.165, 1.54) is 7.11 Å². The average Bonchev–Trinajstić information content (AvgIpc) is 2.68. The van der Waals surface area contributed by atoms with Crippen LogP contribution in [0, 0.1) is 5.92 Å². The summed E-state index contributed by atoms with van der Waals surface area (Å²) in [5.74, 6) is -0.350. The topological polar surface area (TPSA) is 173 Å². The van der Waals surface area contributed by atoms with Crippen molar-refractivity contribution in [3.63, 3.8) is 0 Å². The highest BCUT2D eigenvalue weighted by molar-refractivity contribution is 5.61. The highest BCUT2D eigenvalue weighted by Gasteiger charge is 2.46. The number of aldehydes is 1. The van der Waals surface area contributed by atoms with Crippen LogP contribution < -0.4 is 5.73 Å². The predicted octanol–water partition coefficient (Wildman–Crippen LogP) is -2.97. The van der Waals surface area contributed by atoms with E-state index in [0.717, 1.165) is 0 Å². The maximum Gasteiger partial charge on any atom is 0.215 e. The summed E-state index contributed by atoms with van der Waals surface area (Å²) < 4.78 is 21.1. The number of methoxy groups -OCH3 is 1. The monoisotopic (exact) mass is 394 g/mol. The molecule has 1 saturated heterocycles. The molecule has 0 aromatic carbocycles. The lowest BCUT2D eigenvalue weighted by Crippen LogP contribution is -2.60. The lowest BCUT2D eigenvalue weighted by atomic mass is 9.99. The molecule has 11 heteroatoms. The molecule has 1 fully saturated rings. The number of aliphatic hydroxyl groups is 4. The van der Waals surface area contributed by atoms with E-state index < -0.39 is 56.3 Å². The van der Waals surface area contributed by atoms with Gasteiger partial charge in [0.2, 0.25) is 6.29 Å². The van der Waals surface area contributed by atoms with Gasteiger partial charge in [-0.15, -0.1) is 0 Å². The Kier molecular flexibility index (Phi) is 11.1. The van der Waals surface area contributed by atoms with Crippen LogP contribution in [0.4, 0.5) is 0 Å². The third-order valence-electron chi connectivity index (χ3n) is 4.13. The van der Waals surface area contributed by atoms with Gasteiger partial charge in [-0.2, -0.15) is 0 Å². The van der Waals surface area contributed by atoms with Crippen molar-refractivity contribution in [2.45, 2.75) is 50.0 Å². The molecule has 0 saturated carbocycles. The van der Waals surface area contributed by atoms with Crippen molar-refractivity contribution in [3.8, 4) is 0 Å². The van der Waals surface area contributed by atoms with Gasteiger partial charge in [-0.1, -0.05) is 6.92 Å². The molecule has 1 aliphatic heterocycles. The minimum Gasteiger partial charge on any atom is -0.394 e. The van der Waals surface area contributed by atoms with Crippen molar-refractivity contribution in [2.24, 2.45) is 16.6 Å². The molecule has 1 aliphatic rings. The molecule has 0 bridgehead atoms. The van der Waals surface area contributed by atoms with E-state index >= 15 is 0 Å². The molecule has 6 N–H and O–H groups in total. The quantitative estimate of drug-likeness (QED) is 0.131. The summed E-state index contributed by atoms with van der Waals surface area (Å²) in [7, 11) is 1.27. The first-order valence-corrected chi connectivity index (χ1v) is 8.65. The fraction of sp³-hybridized carbons (Fsp3) is 0.875. The smallest absolute Gasteiger partial charge is 0.215 e. The van der Waals surface area contributed by atoms with E-state index in [-0.39, 0.29) is 5.92 Å². The summed E-state index contributed by atoms with van der Waals surface area (Å²) in [5.41, 5.74) is 5.35. The van der Waals surface area contributed by atoms with Crippen molar-refractivity contribution < 1.29 is 44.2 Å². The third-order valence-corrected chi connectivity index (χ3v) is 4.13. The normalized spacial score (nSPS) is 32.3. The molecule has 0 aromatic heterocycles. The van der Waals surface area contributed by atoms with Gasteiger partial charge in [0.15, 0.2) is 12.6 Å². The van der Waals surface area contributed by atoms with Gasteiger partial charge >= 0.3 is 0 Å². The number of nitrogens with zero attached hydrogens (tertiary/aromatic N) is 1. The van der Waals surface area contributed by atoms with Crippen LogP contribution in [0.2, 0.25) is 0 Å². The summed E-state index contributed by atoms with van der Waals surface area (Å²) >= 11 is 0. The van der Waals surface area contributed by atoms with Gasteiger partial charge in [0, 0.05) is 25.8 Å². The number of aliphatic imine (C=N–C) groups is 1. The van der Waals surface area contributed by atoms with Crippen LogP contribution in [0.15, 0.2) is 4.99 Å². The predicted molar refractivity (Wildman–Crippen MR) is 93.0 cm³/mol. The standard InChI is InChI=1S/C16H30N2O9/c1-9(5-18-4-3-17)10(6-19)25-12(8-21)27-15-11(7-20)26-16(24-2)14(23)13(15)22/h5,8-16,19-20,22-23H,3-4,6-7,17H2,1-2H3. The summed E-state index contributed by atoms with van der Waals surface area (Å²) in [6, 6.07) is 0. The molecule has 1 heterocycles. The number of aliphatic hydroxyl groups excluding tert-OH is 4. The second-order valence-electron chi connectivity index (χ2n) is 6.11. The van der Waals surface area contributed by atoms with Crippen LogP contribution in [0.25, 0.3) is 0 Å². The Hall–Kier alpha value is -1.02. The lowest BCUT2D eigenvalue weighted by molar-refractivity contribution is -0.320. The lowest BCUT2D eigenvalue weighted by Gasteiger charge is -2.42. The van der Waals surface area contributed by atoms with Gasteiger partial charge in [-0.3, -0.25) is 9.79 Å². The molecule has 0 radical (unpaired) electrons. The summed E-state index contributed by atoms with van der Waals surface area (Å²) in [5, 5.41) is 39.2. The van der Waals surface area contributed by atoms with Gasteiger partial charge in [0.05, 0.1) is 25.9 Å². The molecule has 158 valence electrons. The maximum absolute atomic E-state index is 11.4. The Morgan fingerprint density at radius 1 is 1.30 bits per heavy atom. The van der Waals surface area contributed by atoms with Crippen molar-refractivity contribution in [2.75, 3.05) is 33.4 Å². The Morgan fingerprint density at radius 2 is 2.00 bits per heavy atom. The maximum atomic E-state index is 11.4. The number of nitrogens with two attached hydrogens (primary N) is 1. The molecular weight excluding hydrogens is 364 g/mol. The van der Waals surface area contributed by atoms with E-state index in [2.05, 4.69) is 4.99 Å². The van der Waals surface area contributed by atoms with E-state index in [0.29, 0.717) is 19.4 Å². The average molecular weight is 394 g/mol. The van der Waals surface area contributed by atoms with Gasteiger partial charge in [0.25, 0.3) is 0 Å². The van der Waals surface area contributed by atoms with Gasteiger partial charge in [0.1, 0.15) is 24.4 Å². The zero-order chi connectivity index (χ0) is 20.4. The first kappa shape index (κ1) is 24.0. The number of carbonyl (C=O) groups excluding carboxylic acids is 1. The minimum atomic E-state index is -1.50. The number of hydrogen-bond acceptors (Lipinski definition) is 11. The number of hydrogen-bond donors (Lipinski definition) is 5. The van der Waals surface area contributed by atoms with Crippen molar-refractivity contribution >= 4 is 12.5 Å². The van der Waals surface area contributed by atoms with Crippen LogP contribution in [-0.2, 0) is 23.7 Å². The van der Waals surface area contributed by atoms with Crippen LogP contribution in [-0.4, -0.2) is 109 Å². The van der Waals surface area contributed by atoms with E-state index in [9.17, 15) is 25.2 Å². The van der Waals surface area contributed by atoms with E-state index in [4.69, 9.17) is 24.7 Å². The fourth-order valence-electron chi connectivity index (χ4n) is 2.58. The summed E-state index contributed by atoms with van der Waals surface area (Å²) in [6.07, 6.45) is -6.82. The van der Waals surface area contributed by atoms with E-state index in [1.54, 1.807) is 13.1 Å². The Morgan fingerprint density at radius 3 is 2.52 bits per heavy atom. The zero-order valence-electron chi connectivity index (χ0n) is 15.5. The molecule has 1 rings (SSSR count). The van der Waals surface area contributed by atoms with Crippen molar-refractivity contribution in [1.82, 2.24) is 0 Å². The highest BCUT2D eigenvalue weighted by atomic mass is 16.7. The van der Waals surface area contributed by atoms with Crippen LogP contribution in [0.3, 0.4) is 0 Å². The minimum absolute atomic E-state index is 0.336. The molecule has 8 unspecified atom stereocenters. The fourth-order valence-corrected chi connectivity index (χ4v) is 2.58. The molecule has 0 amide bonds. The summed E-state index contributed by atoms with van der Waals surface area (Å²) in [4.78, 5) is 15.4. The Balaban J connectivity index is 2.78. The van der Waals surface area contributed by atoms with Crippen molar-refractivity contribution in [1.29, 1.82) is 0 Å². The molecule has 27 heavy (non-hydrogen) atoms. The Labute approximate surface area is 157 Å². The van der Waals surface area contributed by atoms with Gasteiger partial charge in [-0.05, 0) is 0 Å². The third kappa shape index (κ3) is 6.82. The van der Waals surface area contributed by atoms with Gasteiger partial charge < -0.3 is 45.1 Å². The summed E-state index contributed by atoms with van der Waals surface area (Å²) in [6.45, 7) is 1.56. The second kappa shape index (κ2) is 12.4. The SMILES string of the molecule is COC1OC(CO)C(OC(C=O)OC(CO)C(C)C=NCCN)C(O)C1O. The van der Waals surface area contributed by atoms with E-state index in [1.807, 2.05) is 0 Å². The van der Waals surface area contributed by atoms with Gasteiger partial charge in [-0.25, -0.2) is 0 Å². The second-order valence-corrected chi connectivity index (χ2v) is 6.11. The highest BCUT2D eigenvalue weighted by Crippen LogP contribution is 2.25. The zero-order valence-corrected chi connectivity index (χ0v) is 15.5. The largest absolute Gasteiger partial charge is 0.394 e. The van der Waals surface area contributed by atoms with Crippen LogP contribution in [0.1, 0.15) is 6.92 Å². The first-order valence-electron chi connectivity index (χ1n) is 8.65. The molecule has 11 nitrogen and oxygen atoms in total. The molecular formula is C16H30N2O9. The first-order chi connectivity index (χ1) is 12.9. The molecule has 0 aliphatic carbocycles. The van der Waals surface area contributed by atoms with Crippen LogP contribution in [0.5, 0.6) is 0 Å². The number of ether oxygens (including phenoxy) is 4. The van der Waals surface area contributed by atoms with Crippen LogP contribution >= 0.6 is 0 Å². The Bertz CT molecular complexity index is 452. The molecule has 0 spiro atoms.